The van der Waals surface area contributed by atoms with E-state index in [0.717, 1.165) is 11.3 Å². The third kappa shape index (κ3) is 4.49. The van der Waals surface area contributed by atoms with Crippen molar-refractivity contribution in [3.8, 4) is 5.75 Å². The van der Waals surface area contributed by atoms with E-state index in [0.29, 0.717) is 17.3 Å². The van der Waals surface area contributed by atoms with Gasteiger partial charge in [0.1, 0.15) is 5.75 Å². The molecule has 0 saturated carbocycles. The van der Waals surface area contributed by atoms with Gasteiger partial charge in [0.05, 0.1) is 25.2 Å². The van der Waals surface area contributed by atoms with Gasteiger partial charge >= 0.3 is 0 Å². The molecule has 0 radical (unpaired) electrons. The largest absolute Gasteiger partial charge is 0.481 e. The second-order valence-electron chi connectivity index (χ2n) is 5.65. The molecule has 2 rings (SSSR count). The van der Waals surface area contributed by atoms with Crippen molar-refractivity contribution in [3.63, 3.8) is 0 Å². The van der Waals surface area contributed by atoms with Crippen LogP contribution in [0, 0.1) is 6.92 Å². The van der Waals surface area contributed by atoms with Crippen molar-refractivity contribution in [3.05, 3.63) is 47.0 Å². The first-order valence-electron chi connectivity index (χ1n) is 7.70. The Balaban J connectivity index is 2.09. The Kier molecular flexibility index (Phi) is 6.23. The van der Waals surface area contributed by atoms with Crippen LogP contribution < -0.4 is 4.74 Å². The molecule has 0 bridgehead atoms. The van der Waals surface area contributed by atoms with Gasteiger partial charge in [0.25, 0.3) is 5.91 Å². The minimum Gasteiger partial charge on any atom is -0.481 e. The van der Waals surface area contributed by atoms with E-state index in [1.54, 1.807) is 42.5 Å². The molecule has 1 unspecified atom stereocenters. The number of ether oxygens (including phenoxy) is 1. The molecule has 0 spiro atoms. The van der Waals surface area contributed by atoms with Crippen LogP contribution in [0.3, 0.4) is 0 Å². The lowest BCUT2D eigenvalue weighted by atomic mass is 10.2. The minimum absolute atomic E-state index is 0.115. The highest BCUT2D eigenvalue weighted by atomic mass is 35.5. The molecular formula is C17H22ClN3O3. The fraction of sp³-hybridized carbons (Fsp3) is 0.412. The van der Waals surface area contributed by atoms with Crippen molar-refractivity contribution in [1.82, 2.24) is 14.5 Å². The van der Waals surface area contributed by atoms with E-state index in [-0.39, 0.29) is 19.1 Å². The van der Waals surface area contributed by atoms with E-state index in [4.69, 9.17) is 16.3 Å². The lowest BCUT2D eigenvalue weighted by Crippen LogP contribution is -2.41. The van der Waals surface area contributed by atoms with Crippen LogP contribution in [0.25, 0.3) is 0 Å². The van der Waals surface area contributed by atoms with Crippen molar-refractivity contribution in [1.29, 1.82) is 0 Å². The number of carbonyl (C=O) groups excluding carboxylic acids is 1. The van der Waals surface area contributed by atoms with Gasteiger partial charge in [-0.3, -0.25) is 4.79 Å². The lowest BCUT2D eigenvalue weighted by molar-refractivity contribution is -0.139. The first-order valence-corrected chi connectivity index (χ1v) is 8.07. The van der Waals surface area contributed by atoms with Gasteiger partial charge in [-0.1, -0.05) is 11.6 Å². The number of hydrogen-bond acceptors (Lipinski definition) is 4. The van der Waals surface area contributed by atoms with Crippen molar-refractivity contribution in [2.45, 2.75) is 26.5 Å². The van der Waals surface area contributed by atoms with Crippen LogP contribution in [-0.4, -0.2) is 44.7 Å². The van der Waals surface area contributed by atoms with E-state index >= 15 is 0 Å². The van der Waals surface area contributed by atoms with E-state index < -0.39 is 6.10 Å². The SMILES string of the molecule is Cc1cc(Cl)ccc1OC(C)C(=O)N(CCO)Cc1cncn1C. The summed E-state index contributed by atoms with van der Waals surface area (Å²) < 4.78 is 7.62. The molecular weight excluding hydrogens is 330 g/mol. The highest BCUT2D eigenvalue weighted by molar-refractivity contribution is 6.30. The number of rotatable bonds is 7. The Morgan fingerprint density at radius 3 is 2.83 bits per heavy atom. The Morgan fingerprint density at radius 1 is 1.50 bits per heavy atom. The number of nitrogens with zero attached hydrogens (tertiary/aromatic N) is 3. The number of aryl methyl sites for hydroxylation is 2. The third-order valence-corrected chi connectivity index (χ3v) is 3.97. The van der Waals surface area contributed by atoms with E-state index in [1.807, 2.05) is 18.5 Å². The van der Waals surface area contributed by atoms with Gasteiger partial charge in [-0.2, -0.15) is 0 Å². The summed E-state index contributed by atoms with van der Waals surface area (Å²) in [6.07, 6.45) is 2.70. The van der Waals surface area contributed by atoms with Crippen molar-refractivity contribution in [2.75, 3.05) is 13.2 Å². The molecule has 1 heterocycles. The molecule has 6 nitrogen and oxygen atoms in total. The molecule has 24 heavy (non-hydrogen) atoms. The van der Waals surface area contributed by atoms with E-state index in [2.05, 4.69) is 4.98 Å². The Morgan fingerprint density at radius 2 is 2.25 bits per heavy atom. The topological polar surface area (TPSA) is 67.6 Å². The molecule has 1 aromatic heterocycles. The average molecular weight is 352 g/mol. The second-order valence-corrected chi connectivity index (χ2v) is 6.09. The highest BCUT2D eigenvalue weighted by Gasteiger charge is 2.23. The van der Waals surface area contributed by atoms with Crippen LogP contribution in [0.4, 0.5) is 0 Å². The Bertz CT molecular complexity index is 702. The molecule has 7 heteroatoms. The molecule has 0 aliphatic carbocycles. The zero-order valence-corrected chi connectivity index (χ0v) is 14.8. The van der Waals surface area contributed by atoms with Gasteiger partial charge in [-0.05, 0) is 37.6 Å². The van der Waals surface area contributed by atoms with Crippen LogP contribution in [0.1, 0.15) is 18.2 Å². The molecule has 130 valence electrons. The van der Waals surface area contributed by atoms with Crippen molar-refractivity contribution >= 4 is 17.5 Å². The maximum absolute atomic E-state index is 12.7. The predicted molar refractivity (Wildman–Crippen MR) is 92.0 cm³/mol. The first kappa shape index (κ1) is 18.3. The van der Waals surface area contributed by atoms with E-state index in [1.165, 1.54) is 0 Å². The summed E-state index contributed by atoms with van der Waals surface area (Å²) in [6, 6.07) is 5.26. The number of aliphatic hydroxyl groups excluding tert-OH is 1. The molecule has 0 aliphatic heterocycles. The van der Waals surface area contributed by atoms with Gasteiger partial charge < -0.3 is 19.3 Å². The smallest absolute Gasteiger partial charge is 0.263 e. The highest BCUT2D eigenvalue weighted by Crippen LogP contribution is 2.23. The normalized spacial score (nSPS) is 12.0. The summed E-state index contributed by atoms with van der Waals surface area (Å²) in [5.74, 6) is 0.421. The number of amides is 1. The number of hydrogen-bond donors (Lipinski definition) is 1. The molecule has 1 amide bonds. The summed E-state index contributed by atoms with van der Waals surface area (Å²) in [7, 11) is 1.86. The quantitative estimate of drug-likeness (QED) is 0.830. The number of benzene rings is 1. The predicted octanol–water partition coefficient (Wildman–Crippen LogP) is 2.17. The molecule has 1 N–H and O–H groups in total. The van der Waals surface area contributed by atoms with Gasteiger partial charge in [0.15, 0.2) is 6.10 Å². The molecule has 0 aliphatic rings. The molecule has 0 fully saturated rings. The maximum atomic E-state index is 12.7. The maximum Gasteiger partial charge on any atom is 0.263 e. The zero-order valence-electron chi connectivity index (χ0n) is 14.1. The monoisotopic (exact) mass is 351 g/mol. The van der Waals surface area contributed by atoms with Crippen LogP contribution in [0.5, 0.6) is 5.75 Å². The third-order valence-electron chi connectivity index (χ3n) is 3.74. The average Bonchev–Trinajstić information content (AvgIpc) is 2.94. The van der Waals surface area contributed by atoms with Crippen molar-refractivity contribution < 1.29 is 14.6 Å². The van der Waals surface area contributed by atoms with Crippen molar-refractivity contribution in [2.24, 2.45) is 7.05 Å². The second kappa shape index (κ2) is 8.17. The summed E-state index contributed by atoms with van der Waals surface area (Å²) in [6.45, 7) is 4.06. The standard InChI is InChI=1S/C17H22ClN3O3/c1-12-8-14(18)4-5-16(12)24-13(2)17(23)21(6-7-22)10-15-9-19-11-20(15)3/h4-5,8-9,11,13,22H,6-7,10H2,1-3H3. The summed E-state index contributed by atoms with van der Waals surface area (Å²) in [5, 5.41) is 9.88. The molecule has 1 atom stereocenters. The number of aromatic nitrogens is 2. The summed E-state index contributed by atoms with van der Waals surface area (Å²) in [5.41, 5.74) is 1.74. The first-order chi connectivity index (χ1) is 11.4. The molecule has 0 saturated heterocycles. The number of imidazole rings is 1. The lowest BCUT2D eigenvalue weighted by Gasteiger charge is -2.26. The number of aliphatic hydroxyl groups is 1. The fourth-order valence-corrected chi connectivity index (χ4v) is 2.59. The van der Waals surface area contributed by atoms with Gasteiger partial charge in [0, 0.05) is 24.8 Å². The van der Waals surface area contributed by atoms with Crippen LogP contribution in [0.2, 0.25) is 5.02 Å². The fourth-order valence-electron chi connectivity index (χ4n) is 2.36. The summed E-state index contributed by atoms with van der Waals surface area (Å²) >= 11 is 5.94. The van der Waals surface area contributed by atoms with E-state index in [9.17, 15) is 9.90 Å². The number of halogens is 1. The van der Waals surface area contributed by atoms with Gasteiger partial charge in [-0.25, -0.2) is 4.98 Å². The zero-order chi connectivity index (χ0) is 17.7. The minimum atomic E-state index is -0.676. The Labute approximate surface area is 146 Å². The van der Waals surface area contributed by atoms with Crippen LogP contribution in [-0.2, 0) is 18.4 Å². The number of carbonyl (C=O) groups is 1. The Hall–Kier alpha value is -2.05. The molecule has 2 aromatic rings. The van der Waals surface area contributed by atoms with Crippen LogP contribution >= 0.6 is 11.6 Å². The van der Waals surface area contributed by atoms with Gasteiger partial charge in [0.2, 0.25) is 0 Å². The van der Waals surface area contributed by atoms with Gasteiger partial charge in [-0.15, -0.1) is 0 Å². The molecule has 1 aromatic carbocycles. The summed E-state index contributed by atoms with van der Waals surface area (Å²) in [4.78, 5) is 18.3. The van der Waals surface area contributed by atoms with Crippen LogP contribution in [0.15, 0.2) is 30.7 Å².